The van der Waals surface area contributed by atoms with Crippen LogP contribution >= 0.6 is 0 Å². The number of benzene rings is 1. The third kappa shape index (κ3) is 2.06. The molecule has 0 bridgehead atoms. The predicted molar refractivity (Wildman–Crippen MR) is 72.7 cm³/mol. The van der Waals surface area contributed by atoms with Crippen molar-refractivity contribution in [3.05, 3.63) is 68.1 Å². The minimum Gasteiger partial charge on any atom is -0.463 e. The molecule has 0 amide bonds. The largest absolute Gasteiger partial charge is 0.463 e. The zero-order chi connectivity index (χ0) is 14.3. The molecule has 0 spiro atoms. The lowest BCUT2D eigenvalue weighted by atomic mass is 10.1. The van der Waals surface area contributed by atoms with Crippen molar-refractivity contribution in [2.75, 3.05) is 0 Å². The summed E-state index contributed by atoms with van der Waals surface area (Å²) in [6, 6.07) is 8.36. The summed E-state index contributed by atoms with van der Waals surface area (Å²) in [5.74, 6) is 1.13. The molecule has 3 rings (SSSR count). The molecule has 0 aliphatic heterocycles. The number of nitrogens with one attached hydrogen (secondary N) is 2. The van der Waals surface area contributed by atoms with Gasteiger partial charge in [0.25, 0.3) is 0 Å². The Morgan fingerprint density at radius 2 is 1.75 bits per heavy atom. The number of furan rings is 1. The van der Waals surface area contributed by atoms with Crippen molar-refractivity contribution < 1.29 is 9.52 Å². The predicted octanol–water partition coefficient (Wildman–Crippen LogP) is 1.20. The Bertz CT molecular complexity index is 888. The molecule has 102 valence electrons. The van der Waals surface area contributed by atoms with E-state index in [1.807, 2.05) is 0 Å². The second-order valence-electron chi connectivity index (χ2n) is 4.56. The molecule has 0 radical (unpaired) electrons. The number of aromatic amines is 2. The van der Waals surface area contributed by atoms with Gasteiger partial charge >= 0.3 is 11.1 Å². The summed E-state index contributed by atoms with van der Waals surface area (Å²) >= 11 is 0. The van der Waals surface area contributed by atoms with Crippen LogP contribution in [0.4, 0.5) is 0 Å². The van der Waals surface area contributed by atoms with E-state index < -0.39 is 17.2 Å². The van der Waals surface area contributed by atoms with E-state index in [9.17, 15) is 14.7 Å². The third-order valence-electron chi connectivity index (χ3n) is 3.09. The molecule has 0 aliphatic carbocycles. The maximum absolute atomic E-state index is 11.3. The molecule has 3 aromatic rings. The lowest BCUT2D eigenvalue weighted by Crippen LogP contribution is -2.28. The smallest absolute Gasteiger partial charge is 0.314 e. The highest BCUT2D eigenvalue weighted by Crippen LogP contribution is 2.25. The Hall–Kier alpha value is -2.60. The van der Waals surface area contributed by atoms with Crippen molar-refractivity contribution in [3.8, 4) is 0 Å². The van der Waals surface area contributed by atoms with Crippen LogP contribution in [0.15, 0.2) is 44.3 Å². The van der Waals surface area contributed by atoms with Gasteiger partial charge in [-0.25, -0.2) is 0 Å². The van der Waals surface area contributed by atoms with Crippen molar-refractivity contribution in [2.45, 2.75) is 13.0 Å². The molecule has 1 aromatic carbocycles. The molecule has 1 unspecified atom stereocenters. The first-order valence-corrected chi connectivity index (χ1v) is 6.05. The number of aliphatic hydroxyl groups excluding tert-OH is 1. The summed E-state index contributed by atoms with van der Waals surface area (Å²) in [5, 5.41) is 10.2. The van der Waals surface area contributed by atoms with E-state index in [0.29, 0.717) is 28.1 Å². The fourth-order valence-corrected chi connectivity index (χ4v) is 2.07. The number of fused-ring (bicyclic) bond motifs is 1. The van der Waals surface area contributed by atoms with Crippen LogP contribution < -0.4 is 11.1 Å². The number of rotatable bonds is 2. The fourth-order valence-electron chi connectivity index (χ4n) is 2.07. The van der Waals surface area contributed by atoms with Gasteiger partial charge in [0, 0.05) is 0 Å². The van der Waals surface area contributed by atoms with Crippen LogP contribution in [0.5, 0.6) is 0 Å². The van der Waals surface area contributed by atoms with Gasteiger partial charge in [0.1, 0.15) is 17.6 Å². The maximum Gasteiger partial charge on any atom is 0.314 e. The van der Waals surface area contributed by atoms with Gasteiger partial charge in [-0.15, -0.1) is 0 Å². The highest BCUT2D eigenvalue weighted by molar-refractivity contribution is 5.74. The lowest BCUT2D eigenvalue weighted by Gasteiger charge is -2.09. The number of aryl methyl sites for hydroxylation is 1. The molecule has 3 N–H and O–H groups in total. The fraction of sp³-hybridized carbons (Fsp3) is 0.143. The van der Waals surface area contributed by atoms with Crippen LogP contribution in [0.3, 0.4) is 0 Å². The quantitative estimate of drug-likeness (QED) is 0.610. The van der Waals surface area contributed by atoms with E-state index in [0.717, 1.165) is 0 Å². The minimum atomic E-state index is -0.927. The monoisotopic (exact) mass is 272 g/mol. The van der Waals surface area contributed by atoms with E-state index in [-0.39, 0.29) is 0 Å². The van der Waals surface area contributed by atoms with Gasteiger partial charge < -0.3 is 19.5 Å². The van der Waals surface area contributed by atoms with Gasteiger partial charge in [-0.3, -0.25) is 9.59 Å². The Balaban J connectivity index is 2.11. The van der Waals surface area contributed by atoms with Gasteiger partial charge in [-0.05, 0) is 36.8 Å². The number of aliphatic hydroxyl groups is 1. The second-order valence-corrected chi connectivity index (χ2v) is 4.56. The van der Waals surface area contributed by atoms with Gasteiger partial charge in [0.15, 0.2) is 0 Å². The minimum absolute atomic E-state index is 0.425. The first-order chi connectivity index (χ1) is 9.54. The van der Waals surface area contributed by atoms with Crippen LogP contribution in [-0.2, 0) is 0 Å². The summed E-state index contributed by atoms with van der Waals surface area (Å²) < 4.78 is 5.37. The van der Waals surface area contributed by atoms with Gasteiger partial charge in [-0.2, -0.15) is 0 Å². The van der Waals surface area contributed by atoms with Crippen LogP contribution in [0.2, 0.25) is 0 Å². The number of H-pyrrole nitrogens is 2. The first kappa shape index (κ1) is 12.4. The number of hydrogen-bond donors (Lipinski definition) is 3. The van der Waals surface area contributed by atoms with Crippen LogP contribution in [0.25, 0.3) is 11.0 Å². The van der Waals surface area contributed by atoms with Crippen LogP contribution in [0.1, 0.15) is 23.2 Å². The van der Waals surface area contributed by atoms with Crippen molar-refractivity contribution in [3.63, 3.8) is 0 Å². The van der Waals surface area contributed by atoms with Crippen molar-refractivity contribution in [1.29, 1.82) is 0 Å². The SMILES string of the molecule is Cc1ccc(C(O)c2ccc3[nH]c(=O)c(=O)[nH]c3c2)o1. The summed E-state index contributed by atoms with van der Waals surface area (Å²) in [6.07, 6.45) is -0.927. The lowest BCUT2D eigenvalue weighted by molar-refractivity contribution is 0.188. The molecule has 0 aliphatic rings. The molecule has 6 nitrogen and oxygen atoms in total. The Kier molecular flexibility index (Phi) is 2.80. The molecule has 0 saturated heterocycles. The molecular weight excluding hydrogens is 260 g/mol. The summed E-state index contributed by atoms with van der Waals surface area (Å²) in [6.45, 7) is 1.79. The van der Waals surface area contributed by atoms with E-state index in [1.165, 1.54) is 0 Å². The Morgan fingerprint density at radius 1 is 1.05 bits per heavy atom. The summed E-state index contributed by atoms with van der Waals surface area (Å²) in [5.41, 5.74) is 0.0931. The zero-order valence-electron chi connectivity index (χ0n) is 10.6. The average molecular weight is 272 g/mol. The normalized spacial score (nSPS) is 12.7. The van der Waals surface area contributed by atoms with E-state index in [4.69, 9.17) is 4.42 Å². The van der Waals surface area contributed by atoms with E-state index in [1.54, 1.807) is 37.3 Å². The molecule has 0 fully saturated rings. The summed E-state index contributed by atoms with van der Waals surface area (Å²) in [4.78, 5) is 27.5. The molecule has 6 heteroatoms. The average Bonchev–Trinajstić information content (AvgIpc) is 2.85. The topological polar surface area (TPSA) is 99.1 Å². The van der Waals surface area contributed by atoms with Gasteiger partial charge in [-0.1, -0.05) is 6.07 Å². The standard InChI is InChI=1S/C14H12N2O4/c1-7-2-5-11(20-7)12(17)8-3-4-9-10(6-8)16-14(19)13(18)15-9/h2-6,12,17H,1H3,(H,15,18)(H,16,19). The Morgan fingerprint density at radius 3 is 2.40 bits per heavy atom. The van der Waals surface area contributed by atoms with Crippen molar-refractivity contribution in [2.24, 2.45) is 0 Å². The molecule has 1 atom stereocenters. The zero-order valence-corrected chi connectivity index (χ0v) is 10.6. The second kappa shape index (κ2) is 4.50. The molecule has 2 aromatic heterocycles. The van der Waals surface area contributed by atoms with E-state index in [2.05, 4.69) is 9.97 Å². The number of hydrogen-bond acceptors (Lipinski definition) is 4. The maximum atomic E-state index is 11.3. The van der Waals surface area contributed by atoms with Crippen molar-refractivity contribution >= 4 is 11.0 Å². The van der Waals surface area contributed by atoms with Gasteiger partial charge in [0.2, 0.25) is 0 Å². The molecule has 2 heterocycles. The third-order valence-corrected chi connectivity index (χ3v) is 3.09. The number of aromatic nitrogens is 2. The van der Waals surface area contributed by atoms with Crippen molar-refractivity contribution in [1.82, 2.24) is 9.97 Å². The van der Waals surface area contributed by atoms with Gasteiger partial charge in [0.05, 0.1) is 11.0 Å². The molecule has 20 heavy (non-hydrogen) atoms. The Labute approximate surface area is 112 Å². The summed E-state index contributed by atoms with van der Waals surface area (Å²) in [7, 11) is 0. The highest BCUT2D eigenvalue weighted by Gasteiger charge is 2.15. The van der Waals surface area contributed by atoms with E-state index >= 15 is 0 Å². The van der Waals surface area contributed by atoms with Crippen LogP contribution in [0, 0.1) is 6.92 Å². The van der Waals surface area contributed by atoms with Crippen LogP contribution in [-0.4, -0.2) is 15.1 Å². The molecular formula is C14H12N2O4. The highest BCUT2D eigenvalue weighted by atomic mass is 16.4. The first-order valence-electron chi connectivity index (χ1n) is 6.05. The molecule has 0 saturated carbocycles.